The topological polar surface area (TPSA) is 29.5 Å². The zero-order chi connectivity index (χ0) is 15.2. The van der Waals surface area contributed by atoms with Crippen LogP contribution < -0.4 is 4.74 Å². The van der Waals surface area contributed by atoms with E-state index in [0.29, 0.717) is 12.2 Å². The molecule has 0 aliphatic heterocycles. The molecule has 0 heterocycles. The van der Waals surface area contributed by atoms with Crippen LogP contribution in [0.2, 0.25) is 0 Å². The van der Waals surface area contributed by atoms with Crippen LogP contribution in [0.1, 0.15) is 15.9 Å². The molecule has 0 spiro atoms. The maximum Gasteiger partial charge on any atom is 0.150 e. The fourth-order valence-electron chi connectivity index (χ4n) is 2.17. The Hall–Kier alpha value is -2.13. The van der Waals surface area contributed by atoms with E-state index < -0.39 is 0 Å². The van der Waals surface area contributed by atoms with Crippen LogP contribution >= 0.6 is 0 Å². The lowest BCUT2D eigenvalue weighted by Gasteiger charge is -2.15. The highest BCUT2D eigenvalue weighted by atomic mass is 16.5. The summed E-state index contributed by atoms with van der Waals surface area (Å²) in [4.78, 5) is 13.1. The van der Waals surface area contributed by atoms with Gasteiger partial charge in [-0.15, -0.1) is 0 Å². The van der Waals surface area contributed by atoms with Crippen LogP contribution in [0, 0.1) is 6.92 Å². The van der Waals surface area contributed by atoms with E-state index in [-0.39, 0.29) is 0 Å². The van der Waals surface area contributed by atoms with Crippen LogP contribution in [0.3, 0.4) is 0 Å². The molecule has 0 fully saturated rings. The SMILES string of the molecule is Cc1ccccc1-c1ccc(C=O)cc1OCCN(C)C. The van der Waals surface area contributed by atoms with Crippen LogP contribution in [0.4, 0.5) is 0 Å². The van der Waals surface area contributed by atoms with E-state index in [1.165, 1.54) is 5.56 Å². The number of rotatable bonds is 6. The highest BCUT2D eigenvalue weighted by molar-refractivity contribution is 5.81. The van der Waals surface area contributed by atoms with Gasteiger partial charge in [0.05, 0.1) is 0 Å². The molecule has 0 aromatic heterocycles. The van der Waals surface area contributed by atoms with Gasteiger partial charge in [0.25, 0.3) is 0 Å². The van der Waals surface area contributed by atoms with Crippen LogP contribution in [-0.4, -0.2) is 38.4 Å². The molecule has 2 aromatic carbocycles. The minimum absolute atomic E-state index is 0.591. The van der Waals surface area contributed by atoms with Crippen molar-refractivity contribution in [2.45, 2.75) is 6.92 Å². The number of hydrogen-bond acceptors (Lipinski definition) is 3. The third kappa shape index (κ3) is 3.92. The van der Waals surface area contributed by atoms with E-state index in [0.717, 1.165) is 29.7 Å². The van der Waals surface area contributed by atoms with Crippen LogP contribution in [0.5, 0.6) is 5.75 Å². The van der Waals surface area contributed by atoms with Gasteiger partial charge < -0.3 is 9.64 Å². The number of ether oxygens (including phenoxy) is 1. The van der Waals surface area contributed by atoms with Gasteiger partial charge in [0, 0.05) is 17.7 Å². The molecule has 0 atom stereocenters. The molecule has 110 valence electrons. The maximum absolute atomic E-state index is 11.0. The van der Waals surface area contributed by atoms with E-state index >= 15 is 0 Å². The Bertz CT molecular complexity index is 620. The third-order valence-electron chi connectivity index (χ3n) is 3.37. The Labute approximate surface area is 126 Å². The Balaban J connectivity index is 2.35. The Morgan fingerprint density at radius 2 is 1.86 bits per heavy atom. The van der Waals surface area contributed by atoms with E-state index in [1.54, 1.807) is 0 Å². The lowest BCUT2D eigenvalue weighted by atomic mass is 9.98. The molecule has 3 nitrogen and oxygen atoms in total. The van der Waals surface area contributed by atoms with Gasteiger partial charge in [-0.3, -0.25) is 4.79 Å². The van der Waals surface area contributed by atoms with E-state index in [1.807, 2.05) is 44.4 Å². The number of aryl methyl sites for hydroxylation is 1. The minimum Gasteiger partial charge on any atom is -0.492 e. The van der Waals surface area contributed by atoms with Gasteiger partial charge in [-0.05, 0) is 44.3 Å². The molecule has 0 saturated carbocycles. The van der Waals surface area contributed by atoms with Crippen molar-refractivity contribution in [1.82, 2.24) is 4.90 Å². The second-order valence-electron chi connectivity index (χ2n) is 5.34. The molecule has 0 aliphatic rings. The summed E-state index contributed by atoms with van der Waals surface area (Å²) < 4.78 is 5.90. The summed E-state index contributed by atoms with van der Waals surface area (Å²) in [6, 6.07) is 13.8. The first kappa shape index (κ1) is 15.3. The van der Waals surface area contributed by atoms with Gasteiger partial charge in [0.1, 0.15) is 18.6 Å². The zero-order valence-electron chi connectivity index (χ0n) is 12.8. The molecular formula is C18H21NO2. The quantitative estimate of drug-likeness (QED) is 0.761. The minimum atomic E-state index is 0.591. The molecule has 2 rings (SSSR count). The average Bonchev–Trinajstić information content (AvgIpc) is 2.47. The Kier molecular flexibility index (Phi) is 5.12. The van der Waals surface area contributed by atoms with Gasteiger partial charge in [0.15, 0.2) is 0 Å². The van der Waals surface area contributed by atoms with Crippen molar-refractivity contribution in [2.24, 2.45) is 0 Å². The first-order valence-electron chi connectivity index (χ1n) is 7.04. The molecule has 0 aliphatic carbocycles. The summed E-state index contributed by atoms with van der Waals surface area (Å²) in [5, 5.41) is 0. The predicted octanol–water partition coefficient (Wildman–Crippen LogP) is 3.41. The number of carbonyl (C=O) groups is 1. The average molecular weight is 283 g/mol. The van der Waals surface area contributed by atoms with Crippen molar-refractivity contribution in [1.29, 1.82) is 0 Å². The van der Waals surface area contributed by atoms with E-state index in [4.69, 9.17) is 4.74 Å². The summed E-state index contributed by atoms with van der Waals surface area (Å²) in [5.74, 6) is 0.760. The monoisotopic (exact) mass is 283 g/mol. The zero-order valence-corrected chi connectivity index (χ0v) is 12.8. The van der Waals surface area contributed by atoms with Crippen molar-refractivity contribution in [3.05, 3.63) is 53.6 Å². The summed E-state index contributed by atoms with van der Waals surface area (Å²) in [6.45, 7) is 3.50. The molecule has 0 N–H and O–H groups in total. The number of aldehydes is 1. The summed E-state index contributed by atoms with van der Waals surface area (Å²) in [6.07, 6.45) is 0.848. The second-order valence-corrected chi connectivity index (χ2v) is 5.34. The van der Waals surface area contributed by atoms with Gasteiger partial charge in [-0.25, -0.2) is 0 Å². The maximum atomic E-state index is 11.0. The predicted molar refractivity (Wildman–Crippen MR) is 86.1 cm³/mol. The Morgan fingerprint density at radius 1 is 1.10 bits per heavy atom. The molecule has 21 heavy (non-hydrogen) atoms. The van der Waals surface area contributed by atoms with Gasteiger partial charge >= 0.3 is 0 Å². The fraction of sp³-hybridized carbons (Fsp3) is 0.278. The fourth-order valence-corrected chi connectivity index (χ4v) is 2.17. The van der Waals surface area contributed by atoms with E-state index in [2.05, 4.69) is 24.0 Å². The molecule has 0 amide bonds. The number of likely N-dealkylation sites (N-methyl/N-ethyl adjacent to an activating group) is 1. The first-order chi connectivity index (χ1) is 10.1. The van der Waals surface area contributed by atoms with Crippen molar-refractivity contribution in [2.75, 3.05) is 27.2 Å². The van der Waals surface area contributed by atoms with Crippen molar-refractivity contribution in [3.8, 4) is 16.9 Å². The van der Waals surface area contributed by atoms with E-state index in [9.17, 15) is 4.79 Å². The molecule has 0 radical (unpaired) electrons. The molecule has 0 unspecified atom stereocenters. The smallest absolute Gasteiger partial charge is 0.150 e. The van der Waals surface area contributed by atoms with Crippen LogP contribution in [0.15, 0.2) is 42.5 Å². The summed E-state index contributed by atoms with van der Waals surface area (Å²) >= 11 is 0. The highest BCUT2D eigenvalue weighted by Gasteiger charge is 2.10. The molecule has 0 saturated heterocycles. The highest BCUT2D eigenvalue weighted by Crippen LogP contribution is 2.32. The first-order valence-corrected chi connectivity index (χ1v) is 7.04. The number of benzene rings is 2. The Morgan fingerprint density at radius 3 is 2.52 bits per heavy atom. The number of nitrogens with zero attached hydrogens (tertiary/aromatic N) is 1. The lowest BCUT2D eigenvalue weighted by molar-refractivity contribution is 0.112. The van der Waals surface area contributed by atoms with Crippen molar-refractivity contribution < 1.29 is 9.53 Å². The summed E-state index contributed by atoms with van der Waals surface area (Å²) in [5.41, 5.74) is 3.98. The number of hydrogen-bond donors (Lipinski definition) is 0. The van der Waals surface area contributed by atoms with Gasteiger partial charge in [-0.2, -0.15) is 0 Å². The normalized spacial score (nSPS) is 10.7. The third-order valence-corrected chi connectivity index (χ3v) is 3.37. The van der Waals surface area contributed by atoms with Crippen molar-refractivity contribution >= 4 is 6.29 Å². The molecular weight excluding hydrogens is 262 g/mol. The number of carbonyl (C=O) groups excluding carboxylic acids is 1. The van der Waals surface area contributed by atoms with Crippen molar-refractivity contribution in [3.63, 3.8) is 0 Å². The molecule has 3 heteroatoms. The van der Waals surface area contributed by atoms with Gasteiger partial charge in [-0.1, -0.05) is 30.3 Å². The second kappa shape index (κ2) is 7.04. The van der Waals surface area contributed by atoms with Gasteiger partial charge in [0.2, 0.25) is 0 Å². The van der Waals surface area contributed by atoms with Crippen LogP contribution in [0.25, 0.3) is 11.1 Å². The molecule has 2 aromatic rings. The lowest BCUT2D eigenvalue weighted by Crippen LogP contribution is -2.19. The standard InChI is InChI=1S/C18H21NO2/c1-14-6-4-5-7-16(14)17-9-8-15(13-20)12-18(17)21-11-10-19(2)3/h4-9,12-13H,10-11H2,1-3H3. The largest absolute Gasteiger partial charge is 0.492 e. The van der Waals surface area contributed by atoms with Crippen LogP contribution in [-0.2, 0) is 0 Å². The summed E-state index contributed by atoms with van der Waals surface area (Å²) in [7, 11) is 4.01. The molecule has 0 bridgehead atoms.